The average Bonchev–Trinajstić information content (AvgIpc) is 3.29. The van der Waals surface area contributed by atoms with Crippen molar-refractivity contribution in [1.82, 2.24) is 4.68 Å². The van der Waals surface area contributed by atoms with Gasteiger partial charge in [0.15, 0.2) is 12.4 Å². The van der Waals surface area contributed by atoms with E-state index in [0.29, 0.717) is 0 Å². The van der Waals surface area contributed by atoms with Crippen LogP contribution in [0.1, 0.15) is 11.1 Å². The fourth-order valence-corrected chi connectivity index (χ4v) is 3.54. The van der Waals surface area contributed by atoms with Crippen molar-refractivity contribution in [2.24, 2.45) is 10.2 Å². The third-order valence-electron chi connectivity index (χ3n) is 5.61. The summed E-state index contributed by atoms with van der Waals surface area (Å²) < 4.78 is 8.99. The SMILES string of the molecule is COc1ccc(-c2n(/N=C/c3ccc(N(C)C)cc3)cc[n+]2/N=C/c2ccc(N(C)C)cc2)cc1.[Cl-]. The Balaban J connectivity index is 0.00000361. The van der Waals surface area contributed by atoms with Crippen molar-refractivity contribution in [3.05, 3.63) is 96.3 Å². The van der Waals surface area contributed by atoms with Crippen LogP contribution in [-0.4, -0.2) is 52.4 Å². The molecule has 0 saturated heterocycles. The summed E-state index contributed by atoms with van der Waals surface area (Å²) in [5.74, 6) is 1.63. The van der Waals surface area contributed by atoms with Gasteiger partial charge in [-0.05, 0) is 59.7 Å². The Kier molecular flexibility index (Phi) is 8.86. The van der Waals surface area contributed by atoms with Gasteiger partial charge in [-0.1, -0.05) is 43.8 Å². The molecule has 0 spiro atoms. The van der Waals surface area contributed by atoms with Gasteiger partial charge in [-0.3, -0.25) is 0 Å². The molecule has 0 radical (unpaired) electrons. The van der Waals surface area contributed by atoms with Crippen molar-refractivity contribution in [3.8, 4) is 17.1 Å². The summed E-state index contributed by atoms with van der Waals surface area (Å²) in [6, 6.07) is 24.4. The van der Waals surface area contributed by atoms with E-state index in [1.54, 1.807) is 7.11 Å². The number of aromatic nitrogens is 2. The molecule has 0 unspecified atom stereocenters. The number of nitrogens with zero attached hydrogens (tertiary/aromatic N) is 6. The summed E-state index contributed by atoms with van der Waals surface area (Å²) in [5.41, 5.74) is 5.29. The van der Waals surface area contributed by atoms with Gasteiger partial charge in [-0.2, -0.15) is 0 Å². The number of hydrogen-bond acceptors (Lipinski definition) is 5. The lowest BCUT2D eigenvalue weighted by atomic mass is 10.2. The predicted octanol–water partition coefficient (Wildman–Crippen LogP) is 1.35. The zero-order valence-corrected chi connectivity index (χ0v) is 22.0. The van der Waals surface area contributed by atoms with Gasteiger partial charge in [0.05, 0.1) is 25.1 Å². The molecule has 0 aliphatic carbocycles. The second-order valence-electron chi connectivity index (χ2n) is 8.50. The lowest BCUT2D eigenvalue weighted by Crippen LogP contribution is -3.00. The first-order chi connectivity index (χ1) is 16.9. The van der Waals surface area contributed by atoms with Crippen LogP contribution in [0.2, 0.25) is 0 Å². The van der Waals surface area contributed by atoms with E-state index in [-0.39, 0.29) is 12.4 Å². The van der Waals surface area contributed by atoms with Crippen LogP contribution in [0.25, 0.3) is 11.4 Å². The second kappa shape index (κ2) is 12.0. The van der Waals surface area contributed by atoms with Crippen LogP contribution < -0.4 is 31.6 Å². The Labute approximate surface area is 219 Å². The number of benzene rings is 3. The fourth-order valence-electron chi connectivity index (χ4n) is 3.54. The van der Waals surface area contributed by atoms with Gasteiger partial charge in [-0.15, -0.1) is 0 Å². The minimum absolute atomic E-state index is 0. The highest BCUT2D eigenvalue weighted by Crippen LogP contribution is 2.20. The Hall–Kier alpha value is -4.10. The summed E-state index contributed by atoms with van der Waals surface area (Å²) in [4.78, 5) is 4.15. The van der Waals surface area contributed by atoms with Crippen LogP contribution >= 0.6 is 0 Å². The Morgan fingerprint density at radius 1 is 0.750 bits per heavy atom. The average molecular weight is 503 g/mol. The van der Waals surface area contributed by atoms with Gasteiger partial charge < -0.3 is 26.9 Å². The van der Waals surface area contributed by atoms with Gasteiger partial charge in [-0.25, -0.2) is 0 Å². The smallest absolute Gasteiger partial charge is 0.339 e. The number of ether oxygens (including phenoxy) is 1. The first-order valence-corrected chi connectivity index (χ1v) is 11.4. The van der Waals surface area contributed by atoms with Crippen molar-refractivity contribution in [2.75, 3.05) is 45.1 Å². The number of halogens is 1. The molecular weight excluding hydrogens is 472 g/mol. The molecule has 36 heavy (non-hydrogen) atoms. The molecule has 0 atom stereocenters. The highest BCUT2D eigenvalue weighted by atomic mass is 35.5. The van der Waals surface area contributed by atoms with Crippen LogP contribution in [0.15, 0.2) is 95.4 Å². The molecule has 0 aliphatic rings. The van der Waals surface area contributed by atoms with Gasteiger partial charge >= 0.3 is 5.82 Å². The zero-order chi connectivity index (χ0) is 24.8. The maximum Gasteiger partial charge on any atom is 0.339 e. The molecule has 1 aromatic heterocycles. The van der Waals surface area contributed by atoms with Crippen LogP contribution in [0.4, 0.5) is 11.4 Å². The van der Waals surface area contributed by atoms with Crippen molar-refractivity contribution >= 4 is 23.8 Å². The van der Waals surface area contributed by atoms with Gasteiger partial charge in [0, 0.05) is 39.6 Å². The molecule has 186 valence electrons. The molecule has 0 N–H and O–H groups in total. The van der Waals surface area contributed by atoms with Crippen LogP contribution in [0.3, 0.4) is 0 Å². The first kappa shape index (κ1) is 26.5. The number of anilines is 2. The summed E-state index contributed by atoms with van der Waals surface area (Å²) >= 11 is 0. The zero-order valence-electron chi connectivity index (χ0n) is 21.2. The molecule has 7 nitrogen and oxygen atoms in total. The van der Waals surface area contributed by atoms with Crippen LogP contribution in [-0.2, 0) is 0 Å². The van der Waals surface area contributed by atoms with E-state index in [0.717, 1.165) is 39.6 Å². The Bertz CT molecular complexity index is 1230. The monoisotopic (exact) mass is 502 g/mol. The summed E-state index contributed by atoms with van der Waals surface area (Å²) in [6.45, 7) is 0. The third kappa shape index (κ3) is 6.31. The number of methoxy groups -OCH3 is 1. The molecule has 0 aliphatic heterocycles. The second-order valence-corrected chi connectivity index (χ2v) is 8.50. The predicted molar refractivity (Wildman–Crippen MR) is 144 cm³/mol. The van der Waals surface area contributed by atoms with E-state index >= 15 is 0 Å². The Morgan fingerprint density at radius 2 is 1.28 bits per heavy atom. The van der Waals surface area contributed by atoms with E-state index in [2.05, 4.69) is 58.3 Å². The van der Waals surface area contributed by atoms with Crippen molar-refractivity contribution < 1.29 is 21.8 Å². The van der Waals surface area contributed by atoms with E-state index in [4.69, 9.17) is 14.9 Å². The molecular formula is C28H31ClN6O. The van der Waals surface area contributed by atoms with E-state index in [9.17, 15) is 0 Å². The maximum absolute atomic E-state index is 5.33. The summed E-state index contributed by atoms with van der Waals surface area (Å²) in [6.07, 6.45) is 7.49. The van der Waals surface area contributed by atoms with Crippen molar-refractivity contribution in [1.29, 1.82) is 0 Å². The molecule has 3 aromatic carbocycles. The molecule has 4 aromatic rings. The van der Waals surface area contributed by atoms with Crippen molar-refractivity contribution in [3.63, 3.8) is 0 Å². The van der Waals surface area contributed by atoms with Gasteiger partial charge in [0.2, 0.25) is 0 Å². The van der Waals surface area contributed by atoms with Crippen molar-refractivity contribution in [2.45, 2.75) is 0 Å². The molecule has 0 amide bonds. The molecule has 8 heteroatoms. The quantitative estimate of drug-likeness (QED) is 0.270. The topological polar surface area (TPSA) is 49.2 Å². The normalized spacial score (nSPS) is 11.0. The third-order valence-corrected chi connectivity index (χ3v) is 5.61. The summed E-state index contributed by atoms with van der Waals surface area (Å²) in [5, 5.41) is 9.45. The minimum atomic E-state index is 0. The standard InChI is InChI=1S/C28H31N6O.ClH/c1-31(2)25-12-6-22(7-13-25)20-29-33-18-19-34(28(33)24-10-16-27(35-5)17-11-24)30-21-23-8-14-26(15-9-23)32(3)4;/h6-21H,1-5H3;1H/q+1;/p-1/b29-20+,30-21+;. The van der Waals surface area contributed by atoms with E-state index in [1.807, 2.05) is 86.6 Å². The molecule has 0 bridgehead atoms. The van der Waals surface area contributed by atoms with Gasteiger partial charge in [0.1, 0.15) is 5.75 Å². The first-order valence-electron chi connectivity index (χ1n) is 11.4. The molecule has 1 heterocycles. The Morgan fingerprint density at radius 3 is 1.78 bits per heavy atom. The largest absolute Gasteiger partial charge is 1.00 e. The van der Waals surface area contributed by atoms with E-state index in [1.165, 1.54) is 0 Å². The fraction of sp³-hybridized carbons (Fsp3) is 0.179. The van der Waals surface area contributed by atoms with Crippen LogP contribution in [0, 0.1) is 0 Å². The lowest BCUT2D eigenvalue weighted by molar-refractivity contribution is -0.666. The molecule has 0 fully saturated rings. The maximum atomic E-state index is 5.33. The van der Waals surface area contributed by atoms with Gasteiger partial charge in [0.25, 0.3) is 0 Å². The number of rotatable bonds is 8. The van der Waals surface area contributed by atoms with E-state index < -0.39 is 0 Å². The summed E-state index contributed by atoms with van der Waals surface area (Å²) in [7, 11) is 9.77. The lowest BCUT2D eigenvalue weighted by Gasteiger charge is -2.11. The van der Waals surface area contributed by atoms with Crippen LogP contribution in [0.5, 0.6) is 5.75 Å². The highest BCUT2D eigenvalue weighted by Gasteiger charge is 2.20. The number of hydrogen-bond donors (Lipinski definition) is 0. The molecule has 4 rings (SSSR count). The number of imidazole rings is 1. The molecule has 0 saturated carbocycles. The highest BCUT2D eigenvalue weighted by molar-refractivity contribution is 5.81. The minimum Gasteiger partial charge on any atom is -1.00 e.